The summed E-state index contributed by atoms with van der Waals surface area (Å²) in [5.41, 5.74) is 3.38. The summed E-state index contributed by atoms with van der Waals surface area (Å²) in [7, 11) is 0. The molecule has 0 aliphatic rings. The maximum atomic E-state index is 12.1. The zero-order chi connectivity index (χ0) is 22.2. The highest BCUT2D eigenvalue weighted by Gasteiger charge is 2.09. The average Bonchev–Trinajstić information content (AvgIpc) is 2.74. The smallest absolute Gasteiger partial charge is 0.343 e. The van der Waals surface area contributed by atoms with Crippen LogP contribution in [-0.2, 0) is 4.79 Å². The molecule has 1 N–H and O–H groups in total. The van der Waals surface area contributed by atoms with Gasteiger partial charge in [-0.05, 0) is 66.2 Å². The number of carbonyl (C=O) groups excluding carboxylic acids is 2. The first-order chi connectivity index (χ1) is 14.9. The summed E-state index contributed by atoms with van der Waals surface area (Å²) in [5, 5.41) is 5.08. The van der Waals surface area contributed by atoms with E-state index in [0.29, 0.717) is 37.7 Å². The van der Waals surface area contributed by atoms with Crippen LogP contribution in [0, 0.1) is 0 Å². The molecule has 0 atom stereocenters. The van der Waals surface area contributed by atoms with Crippen LogP contribution >= 0.6 is 34.8 Å². The van der Waals surface area contributed by atoms with E-state index in [4.69, 9.17) is 44.3 Å². The van der Waals surface area contributed by atoms with Crippen LogP contribution in [-0.4, -0.2) is 24.7 Å². The fourth-order valence-electron chi connectivity index (χ4n) is 2.35. The van der Waals surface area contributed by atoms with Gasteiger partial charge in [-0.15, -0.1) is 0 Å². The molecular weight excluding hydrogens is 463 g/mol. The molecule has 9 heteroatoms. The van der Waals surface area contributed by atoms with Gasteiger partial charge < -0.3 is 9.47 Å². The molecule has 158 valence electrons. The SMILES string of the molecule is O=C(COc1ccc(Cl)cc1Cl)N/N=C\c1ccc(OC(=O)c2cccc(Cl)c2)cc1. The highest BCUT2D eigenvalue weighted by atomic mass is 35.5. The molecule has 0 aliphatic carbocycles. The average molecular weight is 478 g/mol. The van der Waals surface area contributed by atoms with Crippen molar-refractivity contribution in [3.05, 3.63) is 92.9 Å². The van der Waals surface area contributed by atoms with Gasteiger partial charge >= 0.3 is 5.97 Å². The van der Waals surface area contributed by atoms with Gasteiger partial charge in [-0.1, -0.05) is 40.9 Å². The number of halogens is 3. The molecule has 0 saturated carbocycles. The Hall–Kier alpha value is -3.06. The number of hydrogen-bond acceptors (Lipinski definition) is 5. The molecular formula is C22H15Cl3N2O4. The van der Waals surface area contributed by atoms with Gasteiger partial charge in [-0.25, -0.2) is 10.2 Å². The van der Waals surface area contributed by atoms with E-state index in [1.165, 1.54) is 18.3 Å². The van der Waals surface area contributed by atoms with Crippen LogP contribution in [0.15, 0.2) is 71.8 Å². The number of benzene rings is 3. The molecule has 31 heavy (non-hydrogen) atoms. The number of esters is 1. The number of hydrazone groups is 1. The number of carbonyl (C=O) groups is 2. The Morgan fingerprint density at radius 3 is 2.39 bits per heavy atom. The molecule has 0 bridgehead atoms. The third-order valence-electron chi connectivity index (χ3n) is 3.81. The lowest BCUT2D eigenvalue weighted by Crippen LogP contribution is -2.24. The number of nitrogens with one attached hydrogen (secondary N) is 1. The van der Waals surface area contributed by atoms with Gasteiger partial charge in [0, 0.05) is 10.0 Å². The summed E-state index contributed by atoms with van der Waals surface area (Å²) in [6, 6.07) is 17.8. The predicted octanol–water partition coefficient (Wildman–Crippen LogP) is 5.40. The first-order valence-corrected chi connectivity index (χ1v) is 10.0. The molecule has 3 rings (SSSR count). The van der Waals surface area contributed by atoms with Gasteiger partial charge in [0.25, 0.3) is 5.91 Å². The van der Waals surface area contributed by atoms with Gasteiger partial charge in [0.05, 0.1) is 16.8 Å². The van der Waals surface area contributed by atoms with Gasteiger partial charge in [-0.2, -0.15) is 5.10 Å². The van der Waals surface area contributed by atoms with Gasteiger partial charge in [-0.3, -0.25) is 4.79 Å². The molecule has 0 unspecified atom stereocenters. The molecule has 0 aliphatic heterocycles. The van der Waals surface area contributed by atoms with Crippen molar-refractivity contribution in [1.29, 1.82) is 0 Å². The summed E-state index contributed by atoms with van der Waals surface area (Å²) in [5.74, 6) is -0.279. The second-order valence-corrected chi connectivity index (χ2v) is 7.41. The van der Waals surface area contributed by atoms with Crippen LogP contribution in [0.25, 0.3) is 0 Å². The zero-order valence-electron chi connectivity index (χ0n) is 15.8. The Kier molecular flexibility index (Phi) is 7.89. The van der Waals surface area contributed by atoms with E-state index in [1.807, 2.05) is 0 Å². The van der Waals surface area contributed by atoms with Crippen LogP contribution < -0.4 is 14.9 Å². The van der Waals surface area contributed by atoms with E-state index in [0.717, 1.165) is 0 Å². The Balaban J connectivity index is 1.47. The maximum Gasteiger partial charge on any atom is 0.343 e. The van der Waals surface area contributed by atoms with Crippen molar-refractivity contribution in [3.8, 4) is 11.5 Å². The topological polar surface area (TPSA) is 77.0 Å². The third-order valence-corrected chi connectivity index (χ3v) is 4.57. The molecule has 0 heterocycles. The Morgan fingerprint density at radius 1 is 0.935 bits per heavy atom. The molecule has 0 aromatic heterocycles. The van der Waals surface area contributed by atoms with E-state index >= 15 is 0 Å². The molecule has 0 radical (unpaired) electrons. The van der Waals surface area contributed by atoms with E-state index in [2.05, 4.69) is 10.5 Å². The minimum absolute atomic E-state index is 0.267. The van der Waals surface area contributed by atoms with Crippen LogP contribution in [0.3, 0.4) is 0 Å². The molecule has 1 amide bonds. The second kappa shape index (κ2) is 10.8. The lowest BCUT2D eigenvalue weighted by molar-refractivity contribution is -0.123. The van der Waals surface area contributed by atoms with Gasteiger partial charge in [0.15, 0.2) is 6.61 Å². The molecule has 0 saturated heterocycles. The summed E-state index contributed by atoms with van der Waals surface area (Å²) in [6.07, 6.45) is 1.44. The maximum absolute atomic E-state index is 12.1. The van der Waals surface area contributed by atoms with Gasteiger partial charge in [0.2, 0.25) is 0 Å². The summed E-state index contributed by atoms with van der Waals surface area (Å²) < 4.78 is 10.6. The Labute approximate surface area is 193 Å². The first kappa shape index (κ1) is 22.6. The summed E-state index contributed by atoms with van der Waals surface area (Å²) in [4.78, 5) is 24.0. The fourth-order valence-corrected chi connectivity index (χ4v) is 3.00. The van der Waals surface area contributed by atoms with Crippen molar-refractivity contribution in [3.63, 3.8) is 0 Å². The highest BCUT2D eigenvalue weighted by Crippen LogP contribution is 2.27. The first-order valence-electron chi connectivity index (χ1n) is 8.88. The normalized spacial score (nSPS) is 10.7. The lowest BCUT2D eigenvalue weighted by Gasteiger charge is -2.07. The van der Waals surface area contributed by atoms with Crippen molar-refractivity contribution < 1.29 is 19.1 Å². The zero-order valence-corrected chi connectivity index (χ0v) is 18.1. The van der Waals surface area contributed by atoms with Crippen molar-refractivity contribution in [2.24, 2.45) is 5.10 Å². The number of hydrogen-bond donors (Lipinski definition) is 1. The lowest BCUT2D eigenvalue weighted by atomic mass is 10.2. The highest BCUT2D eigenvalue weighted by molar-refractivity contribution is 6.35. The quantitative estimate of drug-likeness (QED) is 0.214. The van der Waals surface area contributed by atoms with Crippen LogP contribution in [0.4, 0.5) is 0 Å². The third kappa shape index (κ3) is 7.00. The van der Waals surface area contributed by atoms with Crippen molar-refractivity contribution in [2.75, 3.05) is 6.61 Å². The fraction of sp³-hybridized carbons (Fsp3) is 0.0455. The number of ether oxygens (including phenoxy) is 2. The molecule has 0 spiro atoms. The molecule has 3 aromatic rings. The number of rotatable bonds is 7. The number of amides is 1. The standard InChI is InChI=1S/C22H15Cl3N2O4/c23-16-3-1-2-15(10-16)22(29)31-18-7-4-14(5-8-18)12-26-27-21(28)13-30-20-9-6-17(24)11-19(20)25/h1-12H,13H2,(H,27,28)/b26-12-. The van der Waals surface area contributed by atoms with Crippen molar-refractivity contribution in [1.82, 2.24) is 5.43 Å². The molecule has 0 fully saturated rings. The Morgan fingerprint density at radius 2 is 1.68 bits per heavy atom. The predicted molar refractivity (Wildman–Crippen MR) is 121 cm³/mol. The molecule has 6 nitrogen and oxygen atoms in total. The monoisotopic (exact) mass is 476 g/mol. The van der Waals surface area contributed by atoms with Crippen LogP contribution in [0.2, 0.25) is 15.1 Å². The minimum Gasteiger partial charge on any atom is -0.482 e. The van der Waals surface area contributed by atoms with E-state index in [-0.39, 0.29) is 6.61 Å². The van der Waals surface area contributed by atoms with Crippen LogP contribution in [0.5, 0.6) is 11.5 Å². The van der Waals surface area contributed by atoms with Gasteiger partial charge in [0.1, 0.15) is 11.5 Å². The second-order valence-electron chi connectivity index (χ2n) is 6.13. The minimum atomic E-state index is -0.517. The largest absolute Gasteiger partial charge is 0.482 e. The molecule has 3 aromatic carbocycles. The summed E-state index contributed by atoms with van der Waals surface area (Å²) in [6.45, 7) is -0.267. The van der Waals surface area contributed by atoms with Crippen molar-refractivity contribution in [2.45, 2.75) is 0 Å². The van der Waals surface area contributed by atoms with Crippen molar-refractivity contribution >= 4 is 52.9 Å². The summed E-state index contributed by atoms with van der Waals surface area (Å²) >= 11 is 17.7. The van der Waals surface area contributed by atoms with E-state index in [9.17, 15) is 9.59 Å². The van der Waals surface area contributed by atoms with E-state index < -0.39 is 11.9 Å². The van der Waals surface area contributed by atoms with Crippen LogP contribution in [0.1, 0.15) is 15.9 Å². The Bertz CT molecular complexity index is 1120. The van der Waals surface area contributed by atoms with E-state index in [1.54, 1.807) is 54.6 Å². The number of nitrogens with zero attached hydrogens (tertiary/aromatic N) is 1.